The summed E-state index contributed by atoms with van der Waals surface area (Å²) in [5.41, 5.74) is 10.1. The minimum atomic E-state index is 0.191. The quantitative estimate of drug-likeness (QED) is 0.819. The van der Waals surface area contributed by atoms with Gasteiger partial charge in [0.25, 0.3) is 0 Å². The third-order valence-electron chi connectivity index (χ3n) is 3.19. The van der Waals surface area contributed by atoms with E-state index in [2.05, 4.69) is 30.4 Å². The zero-order chi connectivity index (χ0) is 13.8. The summed E-state index contributed by atoms with van der Waals surface area (Å²) in [6.07, 6.45) is 0. The van der Waals surface area contributed by atoms with E-state index in [1.165, 1.54) is 11.1 Å². The fourth-order valence-electron chi connectivity index (χ4n) is 2.02. The normalized spacial score (nSPS) is 11.9. The van der Waals surface area contributed by atoms with Crippen molar-refractivity contribution in [2.24, 2.45) is 0 Å². The molecule has 0 spiro atoms. The lowest BCUT2D eigenvalue weighted by atomic mass is 10.1. The van der Waals surface area contributed by atoms with Crippen LogP contribution >= 0.6 is 0 Å². The standard InChI is InChI=1S/C16H20N2O/c1-11-4-9-16(15(17)10-11)18-12(2)13-5-7-14(19-3)8-6-13/h4-10,12,18H,17H2,1-3H3. The third-order valence-corrected chi connectivity index (χ3v) is 3.19. The Hall–Kier alpha value is -2.16. The van der Waals surface area contributed by atoms with Crippen molar-refractivity contribution in [1.29, 1.82) is 0 Å². The number of aryl methyl sites for hydroxylation is 1. The maximum Gasteiger partial charge on any atom is 0.118 e. The Morgan fingerprint density at radius 3 is 2.37 bits per heavy atom. The summed E-state index contributed by atoms with van der Waals surface area (Å²) >= 11 is 0. The topological polar surface area (TPSA) is 47.3 Å². The molecule has 0 bridgehead atoms. The van der Waals surface area contributed by atoms with Crippen LogP contribution < -0.4 is 15.8 Å². The highest BCUT2D eigenvalue weighted by Gasteiger charge is 2.07. The molecule has 0 saturated carbocycles. The van der Waals surface area contributed by atoms with Gasteiger partial charge in [0.1, 0.15) is 5.75 Å². The molecule has 0 heterocycles. The van der Waals surface area contributed by atoms with E-state index in [9.17, 15) is 0 Å². The maximum absolute atomic E-state index is 6.01. The minimum absolute atomic E-state index is 0.191. The van der Waals surface area contributed by atoms with Crippen LogP contribution in [0.5, 0.6) is 5.75 Å². The largest absolute Gasteiger partial charge is 0.497 e. The molecule has 0 aromatic heterocycles. The second-order valence-electron chi connectivity index (χ2n) is 4.73. The number of ether oxygens (including phenoxy) is 1. The van der Waals surface area contributed by atoms with Crippen LogP contribution in [0.2, 0.25) is 0 Å². The van der Waals surface area contributed by atoms with Crippen molar-refractivity contribution < 1.29 is 4.74 Å². The molecule has 2 aromatic rings. The van der Waals surface area contributed by atoms with E-state index >= 15 is 0 Å². The van der Waals surface area contributed by atoms with Crippen LogP contribution in [0.25, 0.3) is 0 Å². The molecule has 0 amide bonds. The van der Waals surface area contributed by atoms with Crippen LogP contribution in [0.15, 0.2) is 42.5 Å². The van der Waals surface area contributed by atoms with E-state index < -0.39 is 0 Å². The molecule has 2 aromatic carbocycles. The Balaban J connectivity index is 2.13. The van der Waals surface area contributed by atoms with Gasteiger partial charge in [0, 0.05) is 6.04 Å². The van der Waals surface area contributed by atoms with E-state index in [-0.39, 0.29) is 6.04 Å². The fourth-order valence-corrected chi connectivity index (χ4v) is 2.02. The lowest BCUT2D eigenvalue weighted by Crippen LogP contribution is -2.08. The number of hydrogen-bond donors (Lipinski definition) is 2. The number of rotatable bonds is 4. The summed E-state index contributed by atoms with van der Waals surface area (Å²) in [4.78, 5) is 0. The molecule has 2 rings (SSSR count). The van der Waals surface area contributed by atoms with Crippen molar-refractivity contribution >= 4 is 11.4 Å². The molecule has 100 valence electrons. The van der Waals surface area contributed by atoms with Crippen molar-refractivity contribution in [3.63, 3.8) is 0 Å². The first-order valence-corrected chi connectivity index (χ1v) is 6.37. The molecule has 1 unspecified atom stereocenters. The molecule has 0 radical (unpaired) electrons. The van der Waals surface area contributed by atoms with Gasteiger partial charge < -0.3 is 15.8 Å². The summed E-state index contributed by atoms with van der Waals surface area (Å²) in [7, 11) is 1.67. The average molecular weight is 256 g/mol. The molecule has 1 atom stereocenters. The van der Waals surface area contributed by atoms with Crippen LogP contribution in [0.1, 0.15) is 24.1 Å². The van der Waals surface area contributed by atoms with Crippen LogP contribution in [0.3, 0.4) is 0 Å². The number of nitrogens with two attached hydrogens (primary N) is 1. The lowest BCUT2D eigenvalue weighted by molar-refractivity contribution is 0.414. The van der Waals surface area contributed by atoms with Gasteiger partial charge in [-0.25, -0.2) is 0 Å². The maximum atomic E-state index is 6.01. The van der Waals surface area contributed by atoms with E-state index in [1.54, 1.807) is 7.11 Å². The van der Waals surface area contributed by atoms with Gasteiger partial charge >= 0.3 is 0 Å². The number of hydrogen-bond acceptors (Lipinski definition) is 3. The van der Waals surface area contributed by atoms with Crippen molar-refractivity contribution in [2.75, 3.05) is 18.2 Å². The zero-order valence-corrected chi connectivity index (χ0v) is 11.6. The van der Waals surface area contributed by atoms with Gasteiger partial charge in [-0.15, -0.1) is 0 Å². The smallest absolute Gasteiger partial charge is 0.118 e. The van der Waals surface area contributed by atoms with Gasteiger partial charge in [-0.2, -0.15) is 0 Å². The number of nitrogen functional groups attached to an aromatic ring is 1. The van der Waals surface area contributed by atoms with Gasteiger partial charge in [-0.05, 0) is 49.2 Å². The SMILES string of the molecule is COc1ccc(C(C)Nc2ccc(C)cc2N)cc1. The van der Waals surface area contributed by atoms with Gasteiger partial charge in [0.15, 0.2) is 0 Å². The van der Waals surface area contributed by atoms with E-state index in [1.807, 2.05) is 31.2 Å². The first-order valence-electron chi connectivity index (χ1n) is 6.37. The summed E-state index contributed by atoms with van der Waals surface area (Å²) < 4.78 is 5.16. The number of methoxy groups -OCH3 is 1. The monoisotopic (exact) mass is 256 g/mol. The molecule has 3 heteroatoms. The number of nitrogens with one attached hydrogen (secondary N) is 1. The predicted octanol–water partition coefficient (Wildman–Crippen LogP) is 3.76. The van der Waals surface area contributed by atoms with Crippen LogP contribution in [-0.4, -0.2) is 7.11 Å². The Morgan fingerprint density at radius 1 is 1.11 bits per heavy atom. The van der Waals surface area contributed by atoms with Crippen LogP contribution in [-0.2, 0) is 0 Å². The average Bonchev–Trinajstić information content (AvgIpc) is 2.42. The van der Waals surface area contributed by atoms with E-state index in [4.69, 9.17) is 10.5 Å². The van der Waals surface area contributed by atoms with Crippen molar-refractivity contribution in [2.45, 2.75) is 19.9 Å². The first kappa shape index (κ1) is 13.3. The second kappa shape index (κ2) is 5.65. The van der Waals surface area contributed by atoms with Gasteiger partial charge in [-0.3, -0.25) is 0 Å². The highest BCUT2D eigenvalue weighted by Crippen LogP contribution is 2.25. The molecule has 0 aliphatic carbocycles. The van der Waals surface area contributed by atoms with Crippen LogP contribution in [0.4, 0.5) is 11.4 Å². The number of anilines is 2. The minimum Gasteiger partial charge on any atom is -0.497 e. The molecule has 3 nitrogen and oxygen atoms in total. The molecule has 0 fully saturated rings. The predicted molar refractivity (Wildman–Crippen MR) is 80.6 cm³/mol. The van der Waals surface area contributed by atoms with Crippen molar-refractivity contribution in [3.05, 3.63) is 53.6 Å². The Kier molecular flexibility index (Phi) is 3.95. The molecule has 0 aliphatic rings. The molecular weight excluding hydrogens is 236 g/mol. The van der Waals surface area contributed by atoms with Gasteiger partial charge in [-0.1, -0.05) is 18.2 Å². The summed E-state index contributed by atoms with van der Waals surface area (Å²) in [5.74, 6) is 0.866. The fraction of sp³-hybridized carbons (Fsp3) is 0.250. The molecule has 0 aliphatic heterocycles. The highest BCUT2D eigenvalue weighted by molar-refractivity contribution is 5.67. The summed E-state index contributed by atoms with van der Waals surface area (Å²) in [6.45, 7) is 4.15. The Morgan fingerprint density at radius 2 is 1.79 bits per heavy atom. The van der Waals surface area contributed by atoms with E-state index in [0.29, 0.717) is 0 Å². The van der Waals surface area contributed by atoms with Gasteiger partial charge in [0.2, 0.25) is 0 Å². The Bertz CT molecular complexity index is 549. The molecular formula is C16H20N2O. The number of benzene rings is 2. The molecule has 0 saturated heterocycles. The highest BCUT2D eigenvalue weighted by atomic mass is 16.5. The van der Waals surface area contributed by atoms with E-state index in [0.717, 1.165) is 17.1 Å². The third kappa shape index (κ3) is 3.19. The first-order chi connectivity index (χ1) is 9.10. The van der Waals surface area contributed by atoms with Crippen LogP contribution in [0, 0.1) is 6.92 Å². The second-order valence-corrected chi connectivity index (χ2v) is 4.73. The van der Waals surface area contributed by atoms with Gasteiger partial charge in [0.05, 0.1) is 18.5 Å². The molecule has 3 N–H and O–H groups in total. The van der Waals surface area contributed by atoms with Crippen molar-refractivity contribution in [3.8, 4) is 5.75 Å². The lowest BCUT2D eigenvalue weighted by Gasteiger charge is -2.17. The summed E-state index contributed by atoms with van der Waals surface area (Å²) in [6, 6.07) is 14.3. The Labute approximate surface area is 114 Å². The summed E-state index contributed by atoms with van der Waals surface area (Å²) in [5, 5.41) is 3.43. The zero-order valence-electron chi connectivity index (χ0n) is 11.6. The van der Waals surface area contributed by atoms with Crippen molar-refractivity contribution in [1.82, 2.24) is 0 Å². The molecule has 19 heavy (non-hydrogen) atoms.